The smallest absolute Gasteiger partial charge is 0.411 e. The lowest BCUT2D eigenvalue weighted by molar-refractivity contribution is -0.145. The van der Waals surface area contributed by atoms with E-state index in [1.807, 2.05) is 0 Å². The zero-order chi connectivity index (χ0) is 14.9. The summed E-state index contributed by atoms with van der Waals surface area (Å²) in [6.07, 6.45) is -0.868. The van der Waals surface area contributed by atoms with Crippen LogP contribution >= 0.6 is 0 Å². The summed E-state index contributed by atoms with van der Waals surface area (Å²) in [4.78, 5) is 25.1. The van der Waals surface area contributed by atoms with E-state index in [1.54, 1.807) is 27.7 Å². The van der Waals surface area contributed by atoms with Gasteiger partial charge >= 0.3 is 12.1 Å². The number of hydrogen-bond donors (Lipinski definition) is 0. The molecule has 0 N–H and O–H groups in total. The second-order valence-electron chi connectivity index (χ2n) is 5.16. The lowest BCUT2D eigenvalue weighted by Crippen LogP contribution is -2.28. The van der Waals surface area contributed by atoms with Crippen LogP contribution in [-0.2, 0) is 23.7 Å². The number of amides is 1. The molecule has 2 heterocycles. The number of ether oxygens (including phenoxy) is 4. The zero-order valence-corrected chi connectivity index (χ0v) is 12.3. The van der Waals surface area contributed by atoms with Crippen LogP contribution < -0.4 is 0 Å². The van der Waals surface area contributed by atoms with Gasteiger partial charge in [0, 0.05) is 0 Å². The van der Waals surface area contributed by atoms with Crippen molar-refractivity contribution in [1.82, 2.24) is 4.90 Å². The Kier molecular flexibility index (Phi) is 4.19. The largest absolute Gasteiger partial charge is 0.464 e. The van der Waals surface area contributed by atoms with Crippen LogP contribution in [0.4, 0.5) is 4.79 Å². The molecule has 0 saturated carbocycles. The first-order valence-electron chi connectivity index (χ1n) is 6.84. The third-order valence-corrected chi connectivity index (χ3v) is 3.27. The molecule has 0 aromatic heterocycles. The minimum atomic E-state index is -0.702. The molecule has 0 aromatic rings. The van der Waals surface area contributed by atoms with Crippen LogP contribution in [0, 0.1) is 0 Å². The molecule has 2 aliphatic rings. The standard InChI is InChI=1S/C13H21NO6/c1-5-17-11(15)10-9(14(10)12(16)18-6-2)8-7-19-13(3,4)20-8/h8-10H,5-7H2,1-4H3/t8-,9-,10-,14?/m1/s1. The maximum Gasteiger partial charge on any atom is 0.411 e. The lowest BCUT2D eigenvalue weighted by atomic mass is 10.2. The molecule has 0 unspecified atom stereocenters. The van der Waals surface area contributed by atoms with Gasteiger partial charge in [-0.05, 0) is 27.7 Å². The van der Waals surface area contributed by atoms with Crippen molar-refractivity contribution in [3.8, 4) is 0 Å². The third-order valence-electron chi connectivity index (χ3n) is 3.27. The molecule has 1 amide bonds. The Bertz CT molecular complexity index is 372. The molecule has 114 valence electrons. The van der Waals surface area contributed by atoms with Crippen LogP contribution in [0.15, 0.2) is 0 Å². The average molecular weight is 287 g/mol. The Balaban J connectivity index is 2.05. The van der Waals surface area contributed by atoms with Crippen molar-refractivity contribution in [2.45, 2.75) is 51.7 Å². The highest BCUT2D eigenvalue weighted by Gasteiger charge is 2.63. The fraction of sp³-hybridized carbons (Fsp3) is 0.846. The monoisotopic (exact) mass is 287 g/mol. The minimum Gasteiger partial charge on any atom is -0.464 e. The first-order chi connectivity index (χ1) is 9.41. The number of hydrogen-bond acceptors (Lipinski definition) is 6. The first kappa shape index (κ1) is 15.1. The van der Waals surface area contributed by atoms with Gasteiger partial charge in [-0.1, -0.05) is 0 Å². The van der Waals surface area contributed by atoms with Crippen molar-refractivity contribution in [2.75, 3.05) is 19.8 Å². The third kappa shape index (κ3) is 2.88. The van der Waals surface area contributed by atoms with Crippen LogP contribution in [0.2, 0.25) is 0 Å². The molecule has 7 nitrogen and oxygen atoms in total. The van der Waals surface area contributed by atoms with Crippen LogP contribution in [0.5, 0.6) is 0 Å². The van der Waals surface area contributed by atoms with Crippen molar-refractivity contribution < 1.29 is 28.5 Å². The summed E-state index contributed by atoms with van der Waals surface area (Å²) in [5, 5.41) is 0. The predicted octanol–water partition coefficient (Wildman–Crippen LogP) is 0.910. The summed E-state index contributed by atoms with van der Waals surface area (Å²) >= 11 is 0. The molecule has 2 fully saturated rings. The second-order valence-corrected chi connectivity index (χ2v) is 5.16. The first-order valence-corrected chi connectivity index (χ1v) is 6.84. The minimum absolute atomic E-state index is 0.255. The van der Waals surface area contributed by atoms with Crippen molar-refractivity contribution in [2.24, 2.45) is 0 Å². The van der Waals surface area contributed by atoms with Gasteiger partial charge in [-0.3, -0.25) is 4.90 Å². The van der Waals surface area contributed by atoms with Gasteiger partial charge in [-0.25, -0.2) is 9.59 Å². The van der Waals surface area contributed by atoms with Crippen molar-refractivity contribution in [1.29, 1.82) is 0 Å². The van der Waals surface area contributed by atoms with E-state index < -0.39 is 23.9 Å². The molecule has 2 saturated heterocycles. The Hall–Kier alpha value is -1.34. The number of carbonyl (C=O) groups is 2. The molecule has 0 bridgehead atoms. The van der Waals surface area contributed by atoms with Gasteiger partial charge in [0.15, 0.2) is 11.8 Å². The fourth-order valence-electron chi connectivity index (χ4n) is 2.43. The highest BCUT2D eigenvalue weighted by Crippen LogP contribution is 2.39. The normalized spacial score (nSPS) is 31.0. The van der Waals surface area contributed by atoms with Crippen molar-refractivity contribution in [3.05, 3.63) is 0 Å². The van der Waals surface area contributed by atoms with Crippen LogP contribution in [0.25, 0.3) is 0 Å². The highest BCUT2D eigenvalue weighted by atomic mass is 16.7. The van der Waals surface area contributed by atoms with Crippen LogP contribution in [0.3, 0.4) is 0 Å². The summed E-state index contributed by atoms with van der Waals surface area (Å²) in [5.74, 6) is -1.13. The fourth-order valence-corrected chi connectivity index (χ4v) is 2.43. The molecular weight excluding hydrogens is 266 g/mol. The summed E-state index contributed by atoms with van der Waals surface area (Å²) in [5.41, 5.74) is 0. The molecule has 0 aliphatic carbocycles. The van der Waals surface area contributed by atoms with E-state index in [4.69, 9.17) is 18.9 Å². The predicted molar refractivity (Wildman–Crippen MR) is 68.0 cm³/mol. The SMILES string of the molecule is CCOC(=O)[C@H]1[C@@H]([C@H]2COC(C)(C)O2)N1C(=O)OCC. The van der Waals surface area contributed by atoms with Crippen molar-refractivity contribution in [3.63, 3.8) is 0 Å². The van der Waals surface area contributed by atoms with Gasteiger partial charge in [0.1, 0.15) is 6.10 Å². The number of carbonyl (C=O) groups excluding carboxylic acids is 2. The summed E-state index contributed by atoms with van der Waals surface area (Å²) in [7, 11) is 0. The van der Waals surface area contributed by atoms with Gasteiger partial charge in [0.05, 0.1) is 25.9 Å². The van der Waals surface area contributed by atoms with E-state index in [1.165, 1.54) is 4.90 Å². The molecule has 7 heteroatoms. The van der Waals surface area contributed by atoms with Gasteiger partial charge < -0.3 is 18.9 Å². The summed E-state index contributed by atoms with van der Waals surface area (Å²) in [6, 6.07) is -1.02. The molecule has 0 aromatic carbocycles. The van der Waals surface area contributed by atoms with E-state index in [0.29, 0.717) is 6.61 Å². The topological polar surface area (TPSA) is 74.1 Å². The van der Waals surface area contributed by atoms with E-state index in [2.05, 4.69) is 0 Å². The van der Waals surface area contributed by atoms with Gasteiger partial charge in [-0.15, -0.1) is 0 Å². The maximum absolute atomic E-state index is 11.9. The highest BCUT2D eigenvalue weighted by molar-refractivity contribution is 5.88. The maximum atomic E-state index is 11.9. The van der Waals surface area contributed by atoms with Crippen LogP contribution in [-0.4, -0.2) is 60.8 Å². The Morgan fingerprint density at radius 1 is 1.25 bits per heavy atom. The summed E-state index contributed by atoms with van der Waals surface area (Å²) in [6.45, 7) is 7.89. The van der Waals surface area contributed by atoms with Gasteiger partial charge in [-0.2, -0.15) is 0 Å². The Morgan fingerprint density at radius 3 is 2.40 bits per heavy atom. The molecule has 0 radical (unpaired) electrons. The zero-order valence-electron chi connectivity index (χ0n) is 12.3. The number of esters is 1. The molecule has 2 aliphatic heterocycles. The lowest BCUT2D eigenvalue weighted by Gasteiger charge is -2.16. The quantitative estimate of drug-likeness (QED) is 0.565. The van der Waals surface area contributed by atoms with E-state index >= 15 is 0 Å². The van der Waals surface area contributed by atoms with E-state index in [9.17, 15) is 9.59 Å². The molecule has 20 heavy (non-hydrogen) atoms. The van der Waals surface area contributed by atoms with E-state index in [-0.39, 0.29) is 25.4 Å². The molecule has 2 rings (SSSR count). The molecule has 0 spiro atoms. The number of rotatable bonds is 4. The number of nitrogens with zero attached hydrogens (tertiary/aromatic N) is 1. The van der Waals surface area contributed by atoms with Gasteiger partial charge in [0.2, 0.25) is 0 Å². The van der Waals surface area contributed by atoms with Crippen molar-refractivity contribution >= 4 is 12.1 Å². The Labute approximate surface area is 118 Å². The molecule has 3 atom stereocenters. The van der Waals surface area contributed by atoms with Gasteiger partial charge in [0.25, 0.3) is 0 Å². The van der Waals surface area contributed by atoms with Crippen LogP contribution in [0.1, 0.15) is 27.7 Å². The molecular formula is C13H21NO6. The summed E-state index contributed by atoms with van der Waals surface area (Å²) < 4.78 is 21.1. The Morgan fingerprint density at radius 2 is 1.90 bits per heavy atom. The second kappa shape index (κ2) is 5.57. The average Bonchev–Trinajstić information content (AvgIpc) is 3.01. The van der Waals surface area contributed by atoms with E-state index in [0.717, 1.165) is 0 Å².